The van der Waals surface area contributed by atoms with E-state index in [0.717, 1.165) is 0 Å². The summed E-state index contributed by atoms with van der Waals surface area (Å²) in [5.41, 5.74) is 10.4. The molecule has 0 aromatic heterocycles. The van der Waals surface area contributed by atoms with Crippen LogP contribution in [0.25, 0.3) is 0 Å². The van der Waals surface area contributed by atoms with Crippen LogP contribution in [0, 0.1) is 0 Å². The number of nitrogens with zero attached hydrogens (tertiary/aromatic N) is 1. The fraction of sp³-hybridized carbons (Fsp3) is 0.909. The lowest BCUT2D eigenvalue weighted by atomic mass is 10.1. The van der Waals surface area contributed by atoms with E-state index in [-0.39, 0.29) is 13.1 Å². The zero-order valence-electron chi connectivity index (χ0n) is 11.0. The minimum atomic E-state index is -1.10. The van der Waals surface area contributed by atoms with Crippen LogP contribution in [0.1, 0.15) is 20.8 Å². The summed E-state index contributed by atoms with van der Waals surface area (Å²) in [4.78, 5) is 13.3. The van der Waals surface area contributed by atoms with Crippen LogP contribution in [-0.4, -0.2) is 64.2 Å². The summed E-state index contributed by atoms with van der Waals surface area (Å²) in [5.74, 6) is 0. The summed E-state index contributed by atoms with van der Waals surface area (Å²) in [5, 5.41) is 19.7. The van der Waals surface area contributed by atoms with E-state index in [1.54, 1.807) is 20.8 Å². The number of hydrogen-bond acceptors (Lipinski definition) is 6. The third kappa shape index (κ3) is 2.92. The Morgan fingerprint density at radius 3 is 1.83 bits per heavy atom. The number of ether oxygens (including phenoxy) is 1. The molecule has 4 unspecified atom stereocenters. The first-order chi connectivity index (χ1) is 8.22. The maximum atomic E-state index is 12.1. The van der Waals surface area contributed by atoms with Gasteiger partial charge < -0.3 is 26.4 Å². The number of amides is 1. The standard InChI is InChI=1S/C11H23N3O4/c1-11(2,3)18-10(17)14-6(4-12)8(15)9(16)7(14)5-13/h6-9,15-16H,4-5,12-13H2,1-3H3. The average molecular weight is 261 g/mol. The largest absolute Gasteiger partial charge is 0.444 e. The Morgan fingerprint density at radius 1 is 1.17 bits per heavy atom. The molecule has 1 rings (SSSR count). The SMILES string of the molecule is CC(C)(C)OC(=O)N1C(CN)C(O)C(O)C1CN. The van der Waals surface area contributed by atoms with Crippen LogP contribution in [0.15, 0.2) is 0 Å². The van der Waals surface area contributed by atoms with Crippen molar-refractivity contribution in [2.45, 2.75) is 50.7 Å². The third-order valence-corrected chi connectivity index (χ3v) is 2.94. The van der Waals surface area contributed by atoms with Gasteiger partial charge in [-0.05, 0) is 20.8 Å². The molecule has 0 spiro atoms. The Morgan fingerprint density at radius 2 is 1.56 bits per heavy atom. The summed E-state index contributed by atoms with van der Waals surface area (Å²) >= 11 is 0. The molecule has 1 amide bonds. The van der Waals surface area contributed by atoms with Gasteiger partial charge in [-0.25, -0.2) is 4.79 Å². The topological polar surface area (TPSA) is 122 Å². The monoisotopic (exact) mass is 261 g/mol. The number of carbonyl (C=O) groups is 1. The van der Waals surface area contributed by atoms with E-state index in [4.69, 9.17) is 16.2 Å². The van der Waals surface area contributed by atoms with E-state index in [1.165, 1.54) is 4.90 Å². The van der Waals surface area contributed by atoms with Gasteiger partial charge in [-0.3, -0.25) is 4.90 Å². The first-order valence-electron chi connectivity index (χ1n) is 6.00. The van der Waals surface area contributed by atoms with Crippen LogP contribution in [0.4, 0.5) is 4.79 Å². The van der Waals surface area contributed by atoms with E-state index in [1.807, 2.05) is 0 Å². The van der Waals surface area contributed by atoms with Crippen LogP contribution < -0.4 is 11.5 Å². The lowest BCUT2D eigenvalue weighted by Gasteiger charge is -2.31. The smallest absolute Gasteiger partial charge is 0.411 e. The fourth-order valence-corrected chi connectivity index (χ4v) is 2.12. The molecular formula is C11H23N3O4. The van der Waals surface area contributed by atoms with E-state index in [0.29, 0.717) is 0 Å². The Labute approximate surface area is 107 Å². The van der Waals surface area contributed by atoms with Gasteiger partial charge in [-0.1, -0.05) is 0 Å². The summed E-state index contributed by atoms with van der Waals surface area (Å²) < 4.78 is 5.24. The lowest BCUT2D eigenvalue weighted by Crippen LogP contribution is -2.51. The van der Waals surface area contributed by atoms with Gasteiger partial charge in [0.1, 0.15) is 17.8 Å². The predicted molar refractivity (Wildman–Crippen MR) is 65.8 cm³/mol. The third-order valence-electron chi connectivity index (χ3n) is 2.94. The highest BCUT2D eigenvalue weighted by atomic mass is 16.6. The van der Waals surface area contributed by atoms with Gasteiger partial charge in [0.2, 0.25) is 0 Å². The Balaban J connectivity index is 2.91. The number of nitrogens with two attached hydrogens (primary N) is 2. The van der Waals surface area contributed by atoms with Crippen molar-refractivity contribution in [3.8, 4) is 0 Å². The number of rotatable bonds is 2. The van der Waals surface area contributed by atoms with Crippen LogP contribution in [0.2, 0.25) is 0 Å². The van der Waals surface area contributed by atoms with Gasteiger partial charge in [0.25, 0.3) is 0 Å². The van der Waals surface area contributed by atoms with Crippen molar-refractivity contribution in [2.24, 2.45) is 11.5 Å². The summed E-state index contributed by atoms with van der Waals surface area (Å²) in [7, 11) is 0. The first-order valence-corrected chi connectivity index (χ1v) is 6.00. The molecule has 18 heavy (non-hydrogen) atoms. The van der Waals surface area contributed by atoms with Crippen LogP contribution in [0.3, 0.4) is 0 Å². The molecule has 6 N–H and O–H groups in total. The number of aliphatic hydroxyl groups excluding tert-OH is 2. The molecule has 0 aromatic carbocycles. The van der Waals surface area contributed by atoms with Gasteiger partial charge in [-0.15, -0.1) is 0 Å². The highest BCUT2D eigenvalue weighted by molar-refractivity contribution is 5.70. The molecule has 0 saturated carbocycles. The first kappa shape index (κ1) is 15.2. The molecule has 4 atom stereocenters. The number of hydrogen-bond donors (Lipinski definition) is 4. The highest BCUT2D eigenvalue weighted by Crippen LogP contribution is 2.26. The molecular weight excluding hydrogens is 238 g/mol. The van der Waals surface area contributed by atoms with Crippen molar-refractivity contribution in [3.63, 3.8) is 0 Å². The summed E-state index contributed by atoms with van der Waals surface area (Å²) in [6.45, 7) is 5.29. The molecule has 0 bridgehead atoms. The second-order valence-corrected chi connectivity index (χ2v) is 5.47. The second-order valence-electron chi connectivity index (χ2n) is 5.47. The van der Waals surface area contributed by atoms with Crippen LogP contribution >= 0.6 is 0 Å². The zero-order valence-corrected chi connectivity index (χ0v) is 11.0. The quantitative estimate of drug-likeness (QED) is 0.485. The lowest BCUT2D eigenvalue weighted by molar-refractivity contribution is 0.00993. The molecule has 0 aromatic rings. The van der Waals surface area contributed by atoms with Gasteiger partial charge in [0.05, 0.1) is 12.1 Å². The summed E-state index contributed by atoms with van der Waals surface area (Å²) in [6.07, 6.45) is -2.82. The maximum Gasteiger partial charge on any atom is 0.411 e. The minimum Gasteiger partial charge on any atom is -0.444 e. The van der Waals surface area contributed by atoms with Crippen molar-refractivity contribution in [1.29, 1.82) is 0 Å². The molecule has 7 heteroatoms. The number of carbonyl (C=O) groups excluding carboxylic acids is 1. The van der Waals surface area contributed by atoms with Gasteiger partial charge in [0.15, 0.2) is 0 Å². The molecule has 1 heterocycles. The van der Waals surface area contributed by atoms with E-state index in [2.05, 4.69) is 0 Å². The zero-order chi connectivity index (χ0) is 14.1. The van der Waals surface area contributed by atoms with Gasteiger partial charge in [-0.2, -0.15) is 0 Å². The minimum absolute atomic E-state index is 0.0357. The Hall–Kier alpha value is -0.890. The maximum absolute atomic E-state index is 12.1. The van der Waals surface area contributed by atoms with Gasteiger partial charge in [0, 0.05) is 13.1 Å². The molecule has 106 valence electrons. The van der Waals surface area contributed by atoms with Crippen molar-refractivity contribution in [2.75, 3.05) is 13.1 Å². The van der Waals surface area contributed by atoms with Crippen molar-refractivity contribution in [3.05, 3.63) is 0 Å². The van der Waals surface area contributed by atoms with Gasteiger partial charge >= 0.3 is 6.09 Å². The summed E-state index contributed by atoms with van der Waals surface area (Å²) in [6, 6.07) is -1.35. The fourth-order valence-electron chi connectivity index (χ4n) is 2.12. The predicted octanol–water partition coefficient (Wildman–Crippen LogP) is -1.39. The normalized spacial score (nSPS) is 32.7. The Bertz CT molecular complexity index is 289. The number of aliphatic hydroxyl groups is 2. The number of likely N-dealkylation sites (tertiary alicyclic amines) is 1. The molecule has 7 nitrogen and oxygen atoms in total. The highest BCUT2D eigenvalue weighted by Gasteiger charge is 2.49. The molecule has 0 aliphatic carbocycles. The second kappa shape index (κ2) is 5.40. The molecule has 0 radical (unpaired) electrons. The molecule has 1 fully saturated rings. The Kier molecular flexibility index (Phi) is 4.55. The van der Waals surface area contributed by atoms with Crippen molar-refractivity contribution < 1.29 is 19.7 Å². The molecule has 1 aliphatic heterocycles. The van der Waals surface area contributed by atoms with E-state index in [9.17, 15) is 15.0 Å². The van der Waals surface area contributed by atoms with E-state index >= 15 is 0 Å². The molecule has 1 aliphatic rings. The molecule has 1 saturated heterocycles. The van der Waals surface area contributed by atoms with Crippen LogP contribution in [0.5, 0.6) is 0 Å². The van der Waals surface area contributed by atoms with Crippen LogP contribution in [-0.2, 0) is 4.74 Å². The average Bonchev–Trinajstić information content (AvgIpc) is 2.49. The van der Waals surface area contributed by atoms with Crippen molar-refractivity contribution >= 4 is 6.09 Å². The van der Waals surface area contributed by atoms with E-state index < -0.39 is 36.0 Å². The van der Waals surface area contributed by atoms with Crippen molar-refractivity contribution in [1.82, 2.24) is 4.90 Å².